The summed E-state index contributed by atoms with van der Waals surface area (Å²) >= 11 is 0. The van der Waals surface area contributed by atoms with E-state index in [0.717, 1.165) is 6.07 Å². The van der Waals surface area contributed by atoms with Crippen molar-refractivity contribution >= 4 is 5.91 Å². The van der Waals surface area contributed by atoms with Gasteiger partial charge in [-0.05, 0) is 18.2 Å². The van der Waals surface area contributed by atoms with Crippen LogP contribution in [0.3, 0.4) is 0 Å². The standard InChI is InChI=1S/C14H12F5N3O/c15-9-3-1-4-10(16)12(9)13(14(17,18)19)21-11(23)5-8-22-7-2-6-20-22/h1-4,6-7,13H,5,8H2,(H,21,23)/t13-/m0/s1. The first-order valence-electron chi connectivity index (χ1n) is 6.56. The van der Waals surface area contributed by atoms with Gasteiger partial charge in [-0.15, -0.1) is 0 Å². The van der Waals surface area contributed by atoms with Crippen LogP contribution in [0.25, 0.3) is 0 Å². The van der Waals surface area contributed by atoms with Gasteiger partial charge < -0.3 is 5.32 Å². The quantitative estimate of drug-likeness (QED) is 0.855. The minimum absolute atomic E-state index is 0.0448. The Hall–Kier alpha value is -2.45. The van der Waals surface area contributed by atoms with Crippen molar-refractivity contribution in [2.45, 2.75) is 25.2 Å². The molecule has 1 N–H and O–H groups in total. The summed E-state index contributed by atoms with van der Waals surface area (Å²) in [7, 11) is 0. The number of aryl methyl sites for hydroxylation is 1. The van der Waals surface area contributed by atoms with Crippen LogP contribution in [0, 0.1) is 11.6 Å². The van der Waals surface area contributed by atoms with E-state index in [2.05, 4.69) is 5.10 Å². The van der Waals surface area contributed by atoms with Crippen molar-refractivity contribution in [3.05, 3.63) is 53.9 Å². The second-order valence-corrected chi connectivity index (χ2v) is 4.70. The van der Waals surface area contributed by atoms with Gasteiger partial charge in [-0.1, -0.05) is 6.07 Å². The summed E-state index contributed by atoms with van der Waals surface area (Å²) in [6.45, 7) is 0.0448. The van der Waals surface area contributed by atoms with Crippen LogP contribution in [0.1, 0.15) is 18.0 Å². The van der Waals surface area contributed by atoms with Gasteiger partial charge in [0.1, 0.15) is 11.6 Å². The monoisotopic (exact) mass is 333 g/mol. The van der Waals surface area contributed by atoms with E-state index in [9.17, 15) is 26.7 Å². The van der Waals surface area contributed by atoms with Crippen molar-refractivity contribution in [3.8, 4) is 0 Å². The second kappa shape index (κ2) is 6.76. The summed E-state index contributed by atoms with van der Waals surface area (Å²) in [6, 6.07) is 1.18. The van der Waals surface area contributed by atoms with Gasteiger partial charge in [0.2, 0.25) is 5.91 Å². The highest BCUT2D eigenvalue weighted by atomic mass is 19.4. The molecule has 1 atom stereocenters. The maximum Gasteiger partial charge on any atom is 0.413 e. The molecular formula is C14H12F5N3O. The minimum atomic E-state index is -5.04. The normalized spacial score (nSPS) is 12.9. The molecule has 0 radical (unpaired) electrons. The van der Waals surface area contributed by atoms with Gasteiger partial charge in [0.05, 0.1) is 5.56 Å². The first kappa shape index (κ1) is 16.9. The Morgan fingerprint density at radius 3 is 2.39 bits per heavy atom. The van der Waals surface area contributed by atoms with Crippen LogP contribution in [0.15, 0.2) is 36.7 Å². The first-order chi connectivity index (χ1) is 10.8. The van der Waals surface area contributed by atoms with E-state index in [1.165, 1.54) is 17.1 Å². The highest BCUT2D eigenvalue weighted by molar-refractivity contribution is 5.76. The molecule has 0 bridgehead atoms. The largest absolute Gasteiger partial charge is 0.413 e. The van der Waals surface area contributed by atoms with E-state index < -0.39 is 35.3 Å². The Balaban J connectivity index is 2.15. The van der Waals surface area contributed by atoms with E-state index in [1.807, 2.05) is 0 Å². The lowest BCUT2D eigenvalue weighted by Crippen LogP contribution is -2.39. The fourth-order valence-corrected chi connectivity index (χ4v) is 1.99. The van der Waals surface area contributed by atoms with Crippen LogP contribution in [-0.2, 0) is 11.3 Å². The molecule has 124 valence electrons. The number of nitrogens with one attached hydrogen (secondary N) is 1. The molecule has 4 nitrogen and oxygen atoms in total. The van der Waals surface area contributed by atoms with Crippen molar-refractivity contribution in [1.29, 1.82) is 0 Å². The van der Waals surface area contributed by atoms with Gasteiger partial charge in [0.15, 0.2) is 6.04 Å². The maximum absolute atomic E-state index is 13.6. The summed E-state index contributed by atoms with van der Waals surface area (Å²) in [5.74, 6) is -3.75. The predicted molar refractivity (Wildman–Crippen MR) is 70.1 cm³/mol. The Labute approximate surface area is 127 Å². The fourth-order valence-electron chi connectivity index (χ4n) is 1.99. The molecule has 0 spiro atoms. The van der Waals surface area contributed by atoms with E-state index in [1.54, 1.807) is 11.4 Å². The van der Waals surface area contributed by atoms with Crippen LogP contribution in [-0.4, -0.2) is 21.9 Å². The third-order valence-electron chi connectivity index (χ3n) is 3.05. The smallest absolute Gasteiger partial charge is 0.341 e. The summed E-state index contributed by atoms with van der Waals surface area (Å²) in [4.78, 5) is 11.7. The number of carbonyl (C=O) groups excluding carboxylic acids is 1. The lowest BCUT2D eigenvalue weighted by molar-refractivity contribution is -0.164. The van der Waals surface area contributed by atoms with Crippen molar-refractivity contribution in [2.24, 2.45) is 0 Å². The molecule has 23 heavy (non-hydrogen) atoms. The topological polar surface area (TPSA) is 46.9 Å². The van der Waals surface area contributed by atoms with Gasteiger partial charge >= 0.3 is 6.18 Å². The molecule has 2 aromatic rings. The molecule has 2 rings (SSSR count). The van der Waals surface area contributed by atoms with Crippen molar-refractivity contribution in [1.82, 2.24) is 15.1 Å². The molecule has 0 saturated heterocycles. The fraction of sp³-hybridized carbons (Fsp3) is 0.286. The highest BCUT2D eigenvalue weighted by Crippen LogP contribution is 2.35. The van der Waals surface area contributed by atoms with Crippen molar-refractivity contribution < 1.29 is 26.7 Å². The molecule has 0 aliphatic carbocycles. The third kappa shape index (κ3) is 4.27. The number of alkyl halides is 3. The Kier molecular flexibility index (Phi) is 4.97. The van der Waals surface area contributed by atoms with Gasteiger partial charge in [0, 0.05) is 25.4 Å². The highest BCUT2D eigenvalue weighted by Gasteiger charge is 2.44. The number of nitrogens with zero attached hydrogens (tertiary/aromatic N) is 2. The van der Waals surface area contributed by atoms with Gasteiger partial charge in [0.25, 0.3) is 0 Å². The van der Waals surface area contributed by atoms with Gasteiger partial charge in [-0.25, -0.2) is 8.78 Å². The Bertz CT molecular complexity index is 649. The number of aromatic nitrogens is 2. The van der Waals surface area contributed by atoms with E-state index in [-0.39, 0.29) is 13.0 Å². The van der Waals surface area contributed by atoms with Gasteiger partial charge in [-0.3, -0.25) is 9.48 Å². The number of amides is 1. The summed E-state index contributed by atoms with van der Waals surface area (Å²) < 4.78 is 67.7. The van der Waals surface area contributed by atoms with Crippen LogP contribution in [0.2, 0.25) is 0 Å². The molecule has 0 saturated carbocycles. The van der Waals surface area contributed by atoms with Crippen LogP contribution >= 0.6 is 0 Å². The maximum atomic E-state index is 13.6. The van der Waals surface area contributed by atoms with Crippen molar-refractivity contribution in [2.75, 3.05) is 0 Å². The van der Waals surface area contributed by atoms with Crippen molar-refractivity contribution in [3.63, 3.8) is 0 Å². The number of hydrogen-bond donors (Lipinski definition) is 1. The van der Waals surface area contributed by atoms with E-state index >= 15 is 0 Å². The first-order valence-corrected chi connectivity index (χ1v) is 6.56. The molecule has 1 aromatic heterocycles. The summed E-state index contributed by atoms with van der Waals surface area (Å²) in [6.07, 6.45) is -2.37. The average Bonchev–Trinajstić information content (AvgIpc) is 2.96. The van der Waals surface area contributed by atoms with Crippen LogP contribution in [0.4, 0.5) is 22.0 Å². The lowest BCUT2D eigenvalue weighted by atomic mass is 10.0. The third-order valence-corrected chi connectivity index (χ3v) is 3.05. The van der Waals surface area contributed by atoms with E-state index in [0.29, 0.717) is 12.1 Å². The molecule has 9 heteroatoms. The van der Waals surface area contributed by atoms with E-state index in [4.69, 9.17) is 0 Å². The molecule has 0 unspecified atom stereocenters. The van der Waals surface area contributed by atoms with Crippen LogP contribution < -0.4 is 5.32 Å². The number of halogens is 5. The molecule has 1 aromatic carbocycles. The molecular weight excluding hydrogens is 321 g/mol. The minimum Gasteiger partial charge on any atom is -0.341 e. The Morgan fingerprint density at radius 2 is 1.87 bits per heavy atom. The molecule has 0 aliphatic rings. The predicted octanol–water partition coefficient (Wildman–Crippen LogP) is 2.97. The zero-order chi connectivity index (χ0) is 17.0. The Morgan fingerprint density at radius 1 is 1.22 bits per heavy atom. The number of rotatable bonds is 5. The summed E-state index contributed by atoms with van der Waals surface area (Å²) in [5.41, 5.74) is -1.23. The molecule has 1 amide bonds. The molecule has 0 fully saturated rings. The van der Waals surface area contributed by atoms with Crippen LogP contribution in [0.5, 0.6) is 0 Å². The zero-order valence-electron chi connectivity index (χ0n) is 11.6. The number of hydrogen-bond acceptors (Lipinski definition) is 2. The number of carbonyl (C=O) groups is 1. The lowest BCUT2D eigenvalue weighted by Gasteiger charge is -2.23. The summed E-state index contributed by atoms with van der Waals surface area (Å²) in [5, 5.41) is 5.43. The zero-order valence-corrected chi connectivity index (χ0v) is 11.6. The molecule has 0 aliphatic heterocycles. The number of benzene rings is 1. The second-order valence-electron chi connectivity index (χ2n) is 4.70. The molecule has 1 heterocycles. The SMILES string of the molecule is O=C(CCn1cccn1)N[C@@H](c1c(F)cccc1F)C(F)(F)F. The average molecular weight is 333 g/mol. The van der Waals surface area contributed by atoms with Gasteiger partial charge in [-0.2, -0.15) is 18.3 Å².